The zero-order valence-corrected chi connectivity index (χ0v) is 19.6. The van der Waals surface area contributed by atoms with Gasteiger partial charge in [0, 0.05) is 5.02 Å². The highest BCUT2D eigenvalue weighted by atomic mass is 35.5. The summed E-state index contributed by atoms with van der Waals surface area (Å²) >= 11 is 13.2. The van der Waals surface area contributed by atoms with Gasteiger partial charge in [0.25, 0.3) is 5.91 Å². The fraction of sp³-hybridized carbons (Fsp3) is 0.227. The van der Waals surface area contributed by atoms with Crippen molar-refractivity contribution in [1.29, 1.82) is 0 Å². The molecule has 2 aromatic carbocycles. The molecular weight excluding hydrogens is 475 g/mol. The van der Waals surface area contributed by atoms with Crippen molar-refractivity contribution in [1.82, 2.24) is 5.32 Å². The van der Waals surface area contributed by atoms with Crippen molar-refractivity contribution in [2.24, 2.45) is 4.99 Å². The molecular formula is C22H20Cl2N2O5S. The van der Waals surface area contributed by atoms with Crippen LogP contribution in [-0.2, 0) is 9.59 Å². The first kappa shape index (κ1) is 24.0. The number of hydrogen-bond donors (Lipinski definition) is 2. The van der Waals surface area contributed by atoms with Crippen LogP contribution in [-0.4, -0.2) is 34.9 Å². The molecule has 0 aliphatic carbocycles. The lowest BCUT2D eigenvalue weighted by Crippen LogP contribution is -2.26. The number of thioether (sulfide) groups is 1. The molecule has 1 amide bonds. The summed E-state index contributed by atoms with van der Waals surface area (Å²) < 4.78 is 11.2. The molecule has 2 aromatic rings. The highest BCUT2D eigenvalue weighted by Crippen LogP contribution is 2.34. The Balaban J connectivity index is 1.84. The van der Waals surface area contributed by atoms with E-state index in [1.54, 1.807) is 49.4 Å². The average Bonchev–Trinajstić information content (AvgIpc) is 3.08. The Morgan fingerprint density at radius 2 is 2.00 bits per heavy atom. The molecule has 1 unspecified atom stereocenters. The second-order valence-electron chi connectivity index (χ2n) is 6.57. The maximum absolute atomic E-state index is 12.4. The van der Waals surface area contributed by atoms with E-state index in [-0.39, 0.29) is 5.91 Å². The maximum Gasteiger partial charge on any atom is 0.344 e. The minimum atomic E-state index is -1.05. The maximum atomic E-state index is 12.4. The van der Waals surface area contributed by atoms with E-state index in [1.807, 2.05) is 6.92 Å². The highest BCUT2D eigenvalue weighted by Gasteiger charge is 2.25. The number of carbonyl (C=O) groups excluding carboxylic acids is 1. The van der Waals surface area contributed by atoms with Crippen LogP contribution in [0.5, 0.6) is 11.5 Å². The van der Waals surface area contributed by atoms with Crippen LogP contribution >= 0.6 is 35.0 Å². The van der Waals surface area contributed by atoms with Crippen molar-refractivity contribution >= 4 is 63.8 Å². The molecule has 1 atom stereocenters. The third kappa shape index (κ3) is 5.97. The minimum Gasteiger partial charge on any atom is -0.490 e. The molecule has 1 heterocycles. The number of aliphatic carboxylic acids is 1. The van der Waals surface area contributed by atoms with E-state index in [0.29, 0.717) is 55.9 Å². The summed E-state index contributed by atoms with van der Waals surface area (Å²) in [5.74, 6) is -0.625. The Bertz CT molecular complexity index is 1100. The number of carboxylic acid groups (broad SMARTS) is 1. The standard InChI is InChI=1S/C22H20Cl2N2O5S/c1-3-16(21(28)29)31-17-8-5-12(9-18(17)30-4-2)10-19-20(27)26-22(32-19)25-15-7-6-13(23)11-14(15)24/h5-11,16H,3-4H2,1-2H3,(H,28,29)(H,25,26,27)/b19-10+. The van der Waals surface area contributed by atoms with Crippen LogP contribution in [0.1, 0.15) is 25.8 Å². The van der Waals surface area contributed by atoms with Gasteiger partial charge in [0.15, 0.2) is 22.8 Å². The summed E-state index contributed by atoms with van der Waals surface area (Å²) in [5, 5.41) is 13.2. The van der Waals surface area contributed by atoms with E-state index < -0.39 is 12.1 Å². The highest BCUT2D eigenvalue weighted by molar-refractivity contribution is 8.18. The summed E-state index contributed by atoms with van der Waals surface area (Å²) in [7, 11) is 0. The molecule has 1 aliphatic rings. The molecule has 0 bridgehead atoms. The summed E-state index contributed by atoms with van der Waals surface area (Å²) in [4.78, 5) is 28.5. The minimum absolute atomic E-state index is 0.297. The largest absolute Gasteiger partial charge is 0.490 e. The molecule has 1 aliphatic heterocycles. The van der Waals surface area contributed by atoms with Crippen molar-refractivity contribution in [2.45, 2.75) is 26.4 Å². The van der Waals surface area contributed by atoms with Crippen molar-refractivity contribution in [3.63, 3.8) is 0 Å². The summed E-state index contributed by atoms with van der Waals surface area (Å²) in [6.45, 7) is 3.91. The summed E-state index contributed by atoms with van der Waals surface area (Å²) in [6.07, 6.45) is 1.02. The van der Waals surface area contributed by atoms with Crippen molar-refractivity contribution in [3.8, 4) is 11.5 Å². The van der Waals surface area contributed by atoms with E-state index in [1.165, 1.54) is 11.8 Å². The SMILES string of the molecule is CCOc1cc(/C=C2/SC(=Nc3ccc(Cl)cc3Cl)NC2=O)ccc1OC(CC)C(=O)O. The van der Waals surface area contributed by atoms with Crippen LogP contribution < -0.4 is 14.8 Å². The van der Waals surface area contributed by atoms with Gasteiger partial charge in [0.1, 0.15) is 0 Å². The van der Waals surface area contributed by atoms with Gasteiger partial charge in [0.2, 0.25) is 0 Å². The van der Waals surface area contributed by atoms with Crippen LogP contribution in [0, 0.1) is 0 Å². The monoisotopic (exact) mass is 494 g/mol. The van der Waals surface area contributed by atoms with Crippen LogP contribution in [0.15, 0.2) is 46.3 Å². The average molecular weight is 495 g/mol. The van der Waals surface area contributed by atoms with Gasteiger partial charge in [-0.1, -0.05) is 36.2 Å². The first-order chi connectivity index (χ1) is 15.3. The van der Waals surface area contributed by atoms with Crippen molar-refractivity contribution in [2.75, 3.05) is 6.61 Å². The summed E-state index contributed by atoms with van der Waals surface area (Å²) in [6, 6.07) is 9.95. The fourth-order valence-electron chi connectivity index (χ4n) is 2.75. The van der Waals surface area contributed by atoms with Crippen LogP contribution in [0.3, 0.4) is 0 Å². The fourth-order valence-corrected chi connectivity index (χ4v) is 4.04. The zero-order chi connectivity index (χ0) is 23.3. The second-order valence-corrected chi connectivity index (χ2v) is 8.44. The number of benzene rings is 2. The van der Waals surface area contributed by atoms with Gasteiger partial charge in [-0.25, -0.2) is 9.79 Å². The number of amidine groups is 1. The number of nitrogens with one attached hydrogen (secondary N) is 1. The van der Waals surface area contributed by atoms with Gasteiger partial charge in [0.05, 0.1) is 22.2 Å². The van der Waals surface area contributed by atoms with Gasteiger partial charge in [-0.15, -0.1) is 0 Å². The first-order valence-corrected chi connectivity index (χ1v) is 11.3. The Hall–Kier alpha value is -2.68. The lowest BCUT2D eigenvalue weighted by atomic mass is 10.1. The molecule has 1 fully saturated rings. The lowest BCUT2D eigenvalue weighted by molar-refractivity contribution is -0.145. The van der Waals surface area contributed by atoms with Gasteiger partial charge < -0.3 is 19.9 Å². The number of halogens is 2. The number of aliphatic imine (C=N–C) groups is 1. The number of carboxylic acids is 1. The van der Waals surface area contributed by atoms with E-state index >= 15 is 0 Å². The first-order valence-electron chi connectivity index (χ1n) is 9.71. The molecule has 3 rings (SSSR count). The molecule has 1 saturated heterocycles. The van der Waals surface area contributed by atoms with E-state index in [4.69, 9.17) is 32.7 Å². The molecule has 7 nitrogen and oxygen atoms in total. The normalized spacial score (nSPS) is 16.8. The number of amides is 1. The molecule has 0 spiro atoms. The predicted molar refractivity (Wildman–Crippen MR) is 127 cm³/mol. The summed E-state index contributed by atoms with van der Waals surface area (Å²) in [5.41, 5.74) is 1.18. The van der Waals surface area contributed by atoms with E-state index in [2.05, 4.69) is 10.3 Å². The zero-order valence-electron chi connectivity index (χ0n) is 17.2. The quantitative estimate of drug-likeness (QED) is 0.468. The Morgan fingerprint density at radius 3 is 2.66 bits per heavy atom. The number of hydrogen-bond acceptors (Lipinski definition) is 6. The van der Waals surface area contributed by atoms with Gasteiger partial charge in [-0.3, -0.25) is 4.79 Å². The Morgan fingerprint density at radius 1 is 1.22 bits per heavy atom. The van der Waals surface area contributed by atoms with Gasteiger partial charge in [-0.2, -0.15) is 0 Å². The third-order valence-corrected chi connectivity index (χ3v) is 5.71. The Labute approximate surface area is 199 Å². The van der Waals surface area contributed by atoms with Crippen LogP contribution in [0.25, 0.3) is 6.08 Å². The van der Waals surface area contributed by atoms with Crippen molar-refractivity contribution < 1.29 is 24.2 Å². The molecule has 2 N–H and O–H groups in total. The number of ether oxygens (including phenoxy) is 2. The molecule has 10 heteroatoms. The molecule has 168 valence electrons. The van der Waals surface area contributed by atoms with Crippen LogP contribution in [0.4, 0.5) is 5.69 Å². The van der Waals surface area contributed by atoms with Crippen molar-refractivity contribution in [3.05, 3.63) is 56.9 Å². The second kappa shape index (κ2) is 10.8. The van der Waals surface area contributed by atoms with Gasteiger partial charge in [-0.05, 0) is 67.1 Å². The molecule has 0 saturated carbocycles. The third-order valence-electron chi connectivity index (χ3n) is 4.26. The molecule has 32 heavy (non-hydrogen) atoms. The Kier molecular flexibility index (Phi) is 8.06. The topological polar surface area (TPSA) is 97.2 Å². The van der Waals surface area contributed by atoms with Gasteiger partial charge >= 0.3 is 5.97 Å². The lowest BCUT2D eigenvalue weighted by Gasteiger charge is -2.16. The number of nitrogens with zero attached hydrogens (tertiary/aromatic N) is 1. The predicted octanol–water partition coefficient (Wildman–Crippen LogP) is 5.53. The number of rotatable bonds is 8. The smallest absolute Gasteiger partial charge is 0.344 e. The number of carbonyl (C=O) groups is 2. The van der Waals surface area contributed by atoms with E-state index in [9.17, 15) is 14.7 Å². The molecule has 0 aromatic heterocycles. The van der Waals surface area contributed by atoms with E-state index in [0.717, 1.165) is 0 Å². The molecule has 0 radical (unpaired) electrons. The van der Waals surface area contributed by atoms with Crippen LogP contribution in [0.2, 0.25) is 10.0 Å².